The number of benzene rings is 1. The van der Waals surface area contributed by atoms with Crippen LogP contribution in [0.15, 0.2) is 30.3 Å². The molecule has 0 bridgehead atoms. The van der Waals surface area contributed by atoms with E-state index in [4.69, 9.17) is 9.47 Å². The zero-order chi connectivity index (χ0) is 26.1. The number of alkyl halides is 2. The summed E-state index contributed by atoms with van der Waals surface area (Å²) < 4.78 is 41.3. The lowest BCUT2D eigenvalue weighted by atomic mass is 9.97. The number of hydrogen-bond acceptors (Lipinski definition) is 8. The summed E-state index contributed by atoms with van der Waals surface area (Å²) >= 11 is 0. The monoisotopic (exact) mass is 527 g/mol. The molecule has 0 radical (unpaired) electrons. The van der Waals surface area contributed by atoms with Gasteiger partial charge in [0, 0.05) is 38.0 Å². The van der Waals surface area contributed by atoms with Crippen molar-refractivity contribution in [3.8, 4) is 11.7 Å². The number of halogens is 2. The zero-order valence-corrected chi connectivity index (χ0v) is 21.1. The number of para-hydroxylation sites is 2. The maximum absolute atomic E-state index is 14.1. The fourth-order valence-electron chi connectivity index (χ4n) is 5.43. The number of aromatic nitrogens is 4. The molecule has 3 saturated heterocycles. The molecule has 1 aromatic carbocycles. The van der Waals surface area contributed by atoms with Crippen molar-refractivity contribution in [3.63, 3.8) is 0 Å². The first-order valence-corrected chi connectivity index (χ1v) is 13.2. The number of ether oxygens (including phenoxy) is 2. The molecule has 12 heteroatoms. The number of fused-ring (bicyclic) bond motifs is 1. The number of carbonyl (C=O) groups is 1. The van der Waals surface area contributed by atoms with Crippen LogP contribution < -0.4 is 15.0 Å². The Labute approximate surface area is 218 Å². The van der Waals surface area contributed by atoms with E-state index in [1.807, 2.05) is 9.80 Å². The Morgan fingerprint density at radius 2 is 1.84 bits per heavy atom. The molecule has 38 heavy (non-hydrogen) atoms. The summed E-state index contributed by atoms with van der Waals surface area (Å²) in [4.78, 5) is 30.3. The van der Waals surface area contributed by atoms with E-state index in [-0.39, 0.29) is 35.5 Å². The normalized spacial score (nSPS) is 21.0. The topological polar surface area (TPSA) is 97.6 Å². The fourth-order valence-corrected chi connectivity index (χ4v) is 5.43. The molecule has 3 aliphatic heterocycles. The van der Waals surface area contributed by atoms with Crippen molar-refractivity contribution >= 4 is 22.9 Å². The summed E-state index contributed by atoms with van der Waals surface area (Å²) in [7, 11) is 0. The summed E-state index contributed by atoms with van der Waals surface area (Å²) in [5.41, 5.74) is 0.986. The minimum Gasteiger partial charge on any atom is -0.472 e. The number of nitrogens with one attached hydrogen (secondary N) is 1. The Bertz CT molecular complexity index is 1290. The van der Waals surface area contributed by atoms with Crippen LogP contribution in [-0.4, -0.2) is 88.9 Å². The number of piperidine rings is 1. The van der Waals surface area contributed by atoms with Crippen molar-refractivity contribution in [2.45, 2.75) is 31.8 Å². The highest BCUT2D eigenvalue weighted by atomic mass is 19.3. The molecule has 3 aliphatic rings. The standard InChI is InChI=1S/C26H31F2N7O3/c27-23(28)24-30-19-3-1-2-4-20(19)35(24)21-15-22(32-26(31-21)33-11-13-37-14-12-33)38-18-7-10-34(16-18)25(36)17-5-8-29-9-6-17/h1-4,15,17-18,23,29H,5-14,16H2/t18-/m0/s1. The van der Waals surface area contributed by atoms with Crippen molar-refractivity contribution in [2.75, 3.05) is 57.4 Å². The van der Waals surface area contributed by atoms with Crippen LogP contribution in [0, 0.1) is 5.92 Å². The van der Waals surface area contributed by atoms with E-state index >= 15 is 0 Å². The largest absolute Gasteiger partial charge is 0.472 e. The van der Waals surface area contributed by atoms with Crippen LogP contribution in [0.2, 0.25) is 0 Å². The van der Waals surface area contributed by atoms with Gasteiger partial charge in [0.2, 0.25) is 17.7 Å². The maximum Gasteiger partial charge on any atom is 0.296 e. The van der Waals surface area contributed by atoms with Crippen LogP contribution in [0.3, 0.4) is 0 Å². The van der Waals surface area contributed by atoms with Gasteiger partial charge in [0.05, 0.1) is 30.8 Å². The summed E-state index contributed by atoms with van der Waals surface area (Å²) in [6.07, 6.45) is -0.651. The Kier molecular flexibility index (Phi) is 7.07. The molecule has 0 unspecified atom stereocenters. The predicted octanol–water partition coefficient (Wildman–Crippen LogP) is 2.57. The summed E-state index contributed by atoms with van der Waals surface area (Å²) in [5, 5.41) is 3.30. The van der Waals surface area contributed by atoms with Gasteiger partial charge in [0.1, 0.15) is 11.9 Å². The summed E-state index contributed by atoms with van der Waals surface area (Å²) in [5.74, 6) is 0.789. The Morgan fingerprint density at radius 3 is 2.63 bits per heavy atom. The quantitative estimate of drug-likeness (QED) is 0.523. The number of morpholine rings is 1. The molecule has 6 rings (SSSR count). The minimum absolute atomic E-state index is 0.0517. The van der Waals surface area contributed by atoms with Crippen molar-refractivity contribution in [1.29, 1.82) is 0 Å². The van der Waals surface area contributed by atoms with E-state index in [0.29, 0.717) is 62.8 Å². The number of hydrogen-bond donors (Lipinski definition) is 1. The van der Waals surface area contributed by atoms with Gasteiger partial charge in [-0.2, -0.15) is 9.97 Å². The highest BCUT2D eigenvalue weighted by Gasteiger charge is 2.33. The van der Waals surface area contributed by atoms with Crippen molar-refractivity contribution in [1.82, 2.24) is 29.7 Å². The highest BCUT2D eigenvalue weighted by Crippen LogP contribution is 2.30. The molecule has 3 aromatic rings. The van der Waals surface area contributed by atoms with E-state index < -0.39 is 6.43 Å². The number of likely N-dealkylation sites (tertiary alicyclic amines) is 1. The third-order valence-corrected chi connectivity index (χ3v) is 7.41. The van der Waals surface area contributed by atoms with Gasteiger partial charge in [-0.1, -0.05) is 12.1 Å². The smallest absolute Gasteiger partial charge is 0.296 e. The van der Waals surface area contributed by atoms with Gasteiger partial charge in [0.15, 0.2) is 5.82 Å². The van der Waals surface area contributed by atoms with E-state index in [0.717, 1.165) is 25.9 Å². The lowest BCUT2D eigenvalue weighted by molar-refractivity contribution is -0.135. The van der Waals surface area contributed by atoms with Crippen molar-refractivity contribution in [3.05, 3.63) is 36.2 Å². The number of anilines is 1. The number of nitrogens with zero attached hydrogens (tertiary/aromatic N) is 6. The van der Waals surface area contributed by atoms with Crippen LogP contribution in [0.25, 0.3) is 16.9 Å². The molecule has 5 heterocycles. The van der Waals surface area contributed by atoms with Gasteiger partial charge in [-0.3, -0.25) is 9.36 Å². The molecule has 202 valence electrons. The van der Waals surface area contributed by atoms with E-state index in [2.05, 4.69) is 20.3 Å². The van der Waals surface area contributed by atoms with Crippen LogP contribution in [0.1, 0.15) is 31.5 Å². The lowest BCUT2D eigenvalue weighted by Gasteiger charge is -2.28. The molecule has 1 amide bonds. The average Bonchev–Trinajstić information content (AvgIpc) is 3.58. The Hall–Kier alpha value is -3.38. The second-order valence-electron chi connectivity index (χ2n) is 9.90. The fraction of sp³-hybridized carbons (Fsp3) is 0.538. The molecular weight excluding hydrogens is 496 g/mol. The predicted molar refractivity (Wildman–Crippen MR) is 136 cm³/mol. The molecule has 3 fully saturated rings. The van der Waals surface area contributed by atoms with Gasteiger partial charge < -0.3 is 24.6 Å². The SMILES string of the molecule is O=C(C1CCNCC1)N1CC[C@H](Oc2cc(-n3c(C(F)F)nc4ccccc43)nc(N3CCOCC3)n2)C1. The van der Waals surface area contributed by atoms with E-state index in [9.17, 15) is 13.6 Å². The van der Waals surface area contributed by atoms with Gasteiger partial charge in [-0.15, -0.1) is 0 Å². The number of rotatable bonds is 6. The van der Waals surface area contributed by atoms with Crippen LogP contribution in [-0.2, 0) is 9.53 Å². The molecule has 10 nitrogen and oxygen atoms in total. The molecule has 2 aromatic heterocycles. The van der Waals surface area contributed by atoms with E-state index in [1.54, 1.807) is 30.3 Å². The summed E-state index contributed by atoms with van der Waals surface area (Å²) in [6.45, 7) is 5.04. The Balaban J connectivity index is 1.30. The van der Waals surface area contributed by atoms with E-state index in [1.165, 1.54) is 4.57 Å². The third-order valence-electron chi connectivity index (χ3n) is 7.41. The third kappa shape index (κ3) is 5.02. The van der Waals surface area contributed by atoms with Gasteiger partial charge in [-0.25, -0.2) is 13.8 Å². The molecule has 1 atom stereocenters. The van der Waals surface area contributed by atoms with Crippen LogP contribution in [0.4, 0.5) is 14.7 Å². The lowest BCUT2D eigenvalue weighted by Crippen LogP contribution is -2.40. The average molecular weight is 528 g/mol. The van der Waals surface area contributed by atoms with Crippen molar-refractivity contribution in [2.24, 2.45) is 5.92 Å². The molecule has 0 saturated carbocycles. The molecule has 1 N–H and O–H groups in total. The Morgan fingerprint density at radius 1 is 1.05 bits per heavy atom. The molecule has 0 spiro atoms. The second kappa shape index (κ2) is 10.8. The number of amides is 1. The number of carbonyl (C=O) groups excluding carboxylic acids is 1. The first-order valence-electron chi connectivity index (χ1n) is 13.2. The first kappa shape index (κ1) is 24.9. The maximum atomic E-state index is 14.1. The van der Waals surface area contributed by atoms with Crippen molar-refractivity contribution < 1.29 is 23.0 Å². The highest BCUT2D eigenvalue weighted by molar-refractivity contribution is 5.79. The summed E-state index contributed by atoms with van der Waals surface area (Å²) in [6, 6.07) is 8.57. The second-order valence-corrected chi connectivity index (χ2v) is 9.90. The molecule has 0 aliphatic carbocycles. The zero-order valence-electron chi connectivity index (χ0n) is 21.1. The minimum atomic E-state index is -2.79. The van der Waals surface area contributed by atoms with Gasteiger partial charge in [-0.05, 0) is 38.1 Å². The number of imidazole rings is 1. The molecular formula is C26H31F2N7O3. The van der Waals surface area contributed by atoms with Gasteiger partial charge in [0.25, 0.3) is 6.43 Å². The van der Waals surface area contributed by atoms with Gasteiger partial charge >= 0.3 is 0 Å². The first-order chi connectivity index (χ1) is 18.6. The van der Waals surface area contributed by atoms with Crippen LogP contribution in [0.5, 0.6) is 5.88 Å². The van der Waals surface area contributed by atoms with Crippen LogP contribution >= 0.6 is 0 Å².